The van der Waals surface area contributed by atoms with E-state index in [4.69, 9.17) is 11.4 Å². The number of nitrogens with zero attached hydrogens (tertiary/aromatic N) is 5. The Hall–Kier alpha value is -8.64. The van der Waals surface area contributed by atoms with E-state index < -0.39 is 0 Å². The molecule has 0 aliphatic heterocycles. The highest BCUT2D eigenvalue weighted by molar-refractivity contribution is 6.15. The van der Waals surface area contributed by atoms with Gasteiger partial charge in [0.25, 0.3) is 0 Å². The molecule has 354 valence electrons. The zero-order chi connectivity index (χ0) is 50.7. The van der Waals surface area contributed by atoms with E-state index in [9.17, 15) is 5.26 Å². The average Bonchev–Trinajstić information content (AvgIpc) is 4.02. The number of terminal acetylenes is 1. The third-order valence-electron chi connectivity index (χ3n) is 15.0. The highest BCUT2D eigenvalue weighted by atomic mass is 15.1. The van der Waals surface area contributed by atoms with Gasteiger partial charge in [-0.05, 0) is 105 Å². The normalized spacial score (nSPS) is 12.4. The van der Waals surface area contributed by atoms with Crippen molar-refractivity contribution >= 4 is 65.4 Å². The number of hydrogen-bond acceptors (Lipinski definition) is 2. The first-order chi connectivity index (χ1) is 35.0. The van der Waals surface area contributed by atoms with Crippen molar-refractivity contribution in [3.8, 4) is 58.0 Å². The zero-order valence-corrected chi connectivity index (χ0v) is 43.1. The van der Waals surface area contributed by atoms with E-state index >= 15 is 0 Å². The van der Waals surface area contributed by atoms with Crippen LogP contribution in [-0.4, -0.2) is 18.7 Å². The van der Waals surface area contributed by atoms with Crippen LogP contribution in [0.25, 0.3) is 105 Å². The Balaban J connectivity index is 1.40. The topological polar surface area (TPSA) is 51.5 Å². The van der Waals surface area contributed by atoms with Crippen LogP contribution < -0.4 is 0 Å². The van der Waals surface area contributed by atoms with Crippen molar-refractivity contribution in [2.24, 2.45) is 0 Å². The molecule has 0 radical (unpaired) electrons. The maximum Gasteiger partial charge on any atom is 0.163 e. The summed E-state index contributed by atoms with van der Waals surface area (Å²) in [5, 5.41) is 17.8. The molecule has 0 N–H and O–H groups in total. The van der Waals surface area contributed by atoms with Gasteiger partial charge in [-0.2, -0.15) is 5.26 Å². The lowest BCUT2D eigenvalue weighted by molar-refractivity contribution is 0.591. The minimum Gasteiger partial charge on any atom is -0.306 e. The molecular weight excluding hydrogens is 887 g/mol. The third-order valence-corrected chi connectivity index (χ3v) is 15.0. The number of aromatic nitrogens is 4. The Bertz CT molecular complexity index is 4330. The fraction of sp³-hybridized carbons (Fsp3) is 0.176. The molecule has 8 aromatic carbocycles. The lowest BCUT2D eigenvalue weighted by Crippen LogP contribution is -2.14. The molecule has 0 fully saturated rings. The molecule has 0 saturated carbocycles. The van der Waals surface area contributed by atoms with Gasteiger partial charge in [0.1, 0.15) is 6.07 Å². The van der Waals surface area contributed by atoms with E-state index in [0.717, 1.165) is 105 Å². The molecule has 5 nitrogen and oxygen atoms in total. The van der Waals surface area contributed by atoms with Crippen LogP contribution >= 0.6 is 0 Å². The van der Waals surface area contributed by atoms with Gasteiger partial charge >= 0.3 is 0 Å². The predicted octanol–water partition coefficient (Wildman–Crippen LogP) is 17.5. The van der Waals surface area contributed by atoms with Crippen molar-refractivity contribution in [3.63, 3.8) is 0 Å². The van der Waals surface area contributed by atoms with E-state index in [1.54, 1.807) is 0 Å². The van der Waals surface area contributed by atoms with Gasteiger partial charge < -0.3 is 9.13 Å². The number of fused-ring (bicyclic) bond motifs is 9. The monoisotopic (exact) mass is 943 g/mol. The minimum atomic E-state index is -0.0927. The van der Waals surface area contributed by atoms with E-state index in [-0.39, 0.29) is 16.2 Å². The maximum atomic E-state index is 11.0. The van der Waals surface area contributed by atoms with E-state index in [1.807, 2.05) is 12.1 Å². The predicted molar refractivity (Wildman–Crippen MR) is 307 cm³/mol. The smallest absolute Gasteiger partial charge is 0.163 e. The van der Waals surface area contributed by atoms with Gasteiger partial charge in [0.2, 0.25) is 0 Å². The van der Waals surface area contributed by atoms with Crippen molar-refractivity contribution in [3.05, 3.63) is 204 Å². The van der Waals surface area contributed by atoms with Crippen LogP contribution in [0.3, 0.4) is 0 Å². The molecule has 5 heteroatoms. The van der Waals surface area contributed by atoms with Gasteiger partial charge in [0.15, 0.2) is 5.82 Å². The number of para-hydroxylation sites is 3. The second-order valence-corrected chi connectivity index (χ2v) is 22.7. The van der Waals surface area contributed by atoms with Crippen LogP contribution in [-0.2, 0) is 16.2 Å². The van der Waals surface area contributed by atoms with Crippen molar-refractivity contribution in [1.29, 1.82) is 5.26 Å². The summed E-state index contributed by atoms with van der Waals surface area (Å²) in [4.78, 5) is 6.20. The zero-order valence-electron chi connectivity index (χ0n) is 43.1. The molecule has 12 aromatic rings. The summed E-state index contributed by atoms with van der Waals surface area (Å²) in [6, 6.07) is 66.2. The SMILES string of the molecule is C#Cc1ccc(-c2c(-n3c4ccccc4c4cc(C(C)(C)C)ccc43)c(-c3ccccc3)nc(-n3c4ccccc4c4cc(C(C)(C)C)ccc43)c2-n2c3ccccc3c3cc(C(C)(C)C)ccc32)cc1C#N. The Morgan fingerprint density at radius 1 is 0.397 bits per heavy atom. The lowest BCUT2D eigenvalue weighted by Gasteiger charge is -2.27. The second kappa shape index (κ2) is 16.5. The second-order valence-electron chi connectivity index (χ2n) is 22.7. The van der Waals surface area contributed by atoms with Gasteiger partial charge in [0.05, 0.1) is 55.7 Å². The highest BCUT2D eigenvalue weighted by Gasteiger charge is 2.32. The molecule has 0 amide bonds. The maximum absolute atomic E-state index is 11.0. The standard InChI is InChI=1S/C68H57N5/c1-11-42-29-30-44(37-45(42)41-69)61-63(71-55-26-18-15-23-49(55)52-38-46(66(2,3)4)31-34-58(52)71)62(43-21-13-12-14-22-43)70-65(73-57-28-20-17-25-51(57)54-40-48(68(8,9)10)33-36-60(54)73)64(61)72-56-27-19-16-24-50(56)53-39-47(67(5,6)7)32-35-59(53)72/h1,12-40H,2-10H3. The first-order valence-corrected chi connectivity index (χ1v) is 25.3. The van der Waals surface area contributed by atoms with Crippen LogP contribution in [0.5, 0.6) is 0 Å². The molecule has 12 rings (SSSR count). The molecule has 0 bridgehead atoms. The van der Waals surface area contributed by atoms with Crippen molar-refractivity contribution in [2.45, 2.75) is 78.6 Å². The summed E-state index contributed by atoms with van der Waals surface area (Å²) in [5.74, 6) is 3.57. The average molecular weight is 944 g/mol. The molecule has 0 spiro atoms. The first kappa shape index (κ1) is 45.5. The van der Waals surface area contributed by atoms with Crippen molar-refractivity contribution in [1.82, 2.24) is 18.7 Å². The summed E-state index contributed by atoms with van der Waals surface area (Å²) in [5.41, 5.74) is 16.0. The lowest BCUT2D eigenvalue weighted by atomic mass is 9.86. The number of benzene rings is 8. The Morgan fingerprint density at radius 2 is 0.808 bits per heavy atom. The summed E-state index contributed by atoms with van der Waals surface area (Å²) < 4.78 is 7.27. The highest BCUT2D eigenvalue weighted by Crippen LogP contribution is 2.49. The number of hydrogen-bond donors (Lipinski definition) is 0. The van der Waals surface area contributed by atoms with Crippen LogP contribution in [0.4, 0.5) is 0 Å². The van der Waals surface area contributed by atoms with Crippen molar-refractivity contribution < 1.29 is 0 Å². The largest absolute Gasteiger partial charge is 0.306 e. The summed E-state index contributed by atoms with van der Waals surface area (Å²) >= 11 is 0. The van der Waals surface area contributed by atoms with Gasteiger partial charge in [-0.1, -0.05) is 177 Å². The number of rotatable bonds is 5. The van der Waals surface area contributed by atoms with Gasteiger partial charge in [-0.25, -0.2) is 4.98 Å². The summed E-state index contributed by atoms with van der Waals surface area (Å²) in [6.07, 6.45) is 6.17. The Morgan fingerprint density at radius 3 is 1.26 bits per heavy atom. The van der Waals surface area contributed by atoms with E-state index in [1.165, 1.54) is 16.7 Å². The number of pyridine rings is 1. The van der Waals surface area contributed by atoms with Crippen molar-refractivity contribution in [2.75, 3.05) is 0 Å². The minimum absolute atomic E-state index is 0.0794. The van der Waals surface area contributed by atoms with E-state index in [2.05, 4.69) is 252 Å². The van der Waals surface area contributed by atoms with Crippen LogP contribution in [0.15, 0.2) is 176 Å². The molecule has 4 aromatic heterocycles. The van der Waals surface area contributed by atoms with Gasteiger partial charge in [-0.3, -0.25) is 4.57 Å². The first-order valence-electron chi connectivity index (χ1n) is 25.3. The number of nitriles is 1. The van der Waals surface area contributed by atoms with Gasteiger partial charge in [0, 0.05) is 49.0 Å². The van der Waals surface area contributed by atoms with Gasteiger partial charge in [-0.15, -0.1) is 6.42 Å². The van der Waals surface area contributed by atoms with Crippen LogP contribution in [0.1, 0.15) is 90.1 Å². The fourth-order valence-corrected chi connectivity index (χ4v) is 11.2. The van der Waals surface area contributed by atoms with Crippen LogP contribution in [0.2, 0.25) is 0 Å². The molecule has 0 aliphatic carbocycles. The Labute approximate surface area is 427 Å². The molecule has 0 atom stereocenters. The quantitative estimate of drug-likeness (QED) is 0.161. The molecule has 0 aliphatic rings. The molecule has 73 heavy (non-hydrogen) atoms. The molecule has 4 heterocycles. The molecular formula is C68H57N5. The third kappa shape index (κ3) is 7.17. The van der Waals surface area contributed by atoms with E-state index in [0.29, 0.717) is 11.1 Å². The fourth-order valence-electron chi connectivity index (χ4n) is 11.2. The molecule has 0 saturated heterocycles. The molecule has 0 unspecified atom stereocenters. The Kier molecular flexibility index (Phi) is 10.3. The summed E-state index contributed by atoms with van der Waals surface area (Å²) in [6.45, 7) is 20.5. The van der Waals surface area contributed by atoms with Crippen LogP contribution in [0, 0.1) is 23.7 Å². The summed E-state index contributed by atoms with van der Waals surface area (Å²) in [7, 11) is 0.